The Hall–Kier alpha value is -2.36. The van der Waals surface area contributed by atoms with Gasteiger partial charge in [-0.25, -0.2) is 5.01 Å². The van der Waals surface area contributed by atoms with Crippen LogP contribution in [0.3, 0.4) is 0 Å². The van der Waals surface area contributed by atoms with Crippen LogP contribution in [-0.4, -0.2) is 29.3 Å². The minimum absolute atomic E-state index is 0.0294. The predicted octanol–water partition coefficient (Wildman–Crippen LogP) is 4.57. The molecule has 4 nitrogen and oxygen atoms in total. The van der Waals surface area contributed by atoms with Gasteiger partial charge in [0.2, 0.25) is 5.91 Å². The summed E-state index contributed by atoms with van der Waals surface area (Å²) in [5, 5.41) is 6.36. The molecular weight excluding hydrogens is 312 g/mol. The SMILES string of the molecule is C/C=C\C(=C/CC)C1(C)C(C)C(c2ccccc2OC)=NN1C(C)=O. The number of hydrogen-bond donors (Lipinski definition) is 0. The molecule has 25 heavy (non-hydrogen) atoms. The third-order valence-electron chi connectivity index (χ3n) is 4.94. The monoisotopic (exact) mass is 340 g/mol. The molecule has 0 bridgehead atoms. The highest BCUT2D eigenvalue weighted by Gasteiger charge is 2.49. The van der Waals surface area contributed by atoms with Crippen LogP contribution >= 0.6 is 0 Å². The van der Waals surface area contributed by atoms with Gasteiger partial charge >= 0.3 is 0 Å². The smallest absolute Gasteiger partial charge is 0.240 e. The number of carbonyl (C=O) groups excluding carboxylic acids is 1. The zero-order chi connectivity index (χ0) is 18.6. The van der Waals surface area contributed by atoms with E-state index in [0.717, 1.165) is 29.0 Å². The van der Waals surface area contributed by atoms with Gasteiger partial charge in [0, 0.05) is 18.4 Å². The van der Waals surface area contributed by atoms with Crippen LogP contribution in [-0.2, 0) is 4.79 Å². The van der Waals surface area contributed by atoms with Crippen LogP contribution in [0.1, 0.15) is 46.6 Å². The summed E-state index contributed by atoms with van der Waals surface area (Å²) >= 11 is 0. The van der Waals surface area contributed by atoms with Crippen molar-refractivity contribution in [1.82, 2.24) is 5.01 Å². The second kappa shape index (κ2) is 7.68. The minimum atomic E-state index is -0.523. The zero-order valence-electron chi connectivity index (χ0n) is 16.0. The largest absolute Gasteiger partial charge is 0.496 e. The molecular formula is C21H28N2O2. The third-order valence-corrected chi connectivity index (χ3v) is 4.94. The molecule has 0 aliphatic carbocycles. The quantitative estimate of drug-likeness (QED) is 0.737. The molecule has 1 heterocycles. The highest BCUT2D eigenvalue weighted by atomic mass is 16.5. The van der Waals surface area contributed by atoms with Crippen molar-refractivity contribution in [2.45, 2.75) is 46.6 Å². The second-order valence-electron chi connectivity index (χ2n) is 6.45. The van der Waals surface area contributed by atoms with Crippen molar-refractivity contribution in [3.63, 3.8) is 0 Å². The zero-order valence-corrected chi connectivity index (χ0v) is 16.0. The number of rotatable bonds is 5. The molecule has 134 valence electrons. The van der Waals surface area contributed by atoms with Gasteiger partial charge in [-0.1, -0.05) is 44.2 Å². The molecule has 2 rings (SSSR count). The van der Waals surface area contributed by atoms with Crippen LogP contribution in [0.25, 0.3) is 0 Å². The average molecular weight is 340 g/mol. The number of amides is 1. The first kappa shape index (κ1) is 19.0. The Bertz CT molecular complexity index is 733. The van der Waals surface area contributed by atoms with Crippen molar-refractivity contribution in [2.75, 3.05) is 7.11 Å². The van der Waals surface area contributed by atoms with Gasteiger partial charge in [0.15, 0.2) is 0 Å². The fraction of sp³-hybridized carbons (Fsp3) is 0.429. The lowest BCUT2D eigenvalue weighted by Crippen LogP contribution is -2.48. The van der Waals surface area contributed by atoms with E-state index in [0.29, 0.717) is 0 Å². The highest BCUT2D eigenvalue weighted by molar-refractivity contribution is 6.07. The van der Waals surface area contributed by atoms with E-state index in [1.54, 1.807) is 19.0 Å². The molecule has 2 unspecified atom stereocenters. The summed E-state index contributed by atoms with van der Waals surface area (Å²) in [4.78, 5) is 12.4. The van der Waals surface area contributed by atoms with Gasteiger partial charge in [-0.3, -0.25) is 4.79 Å². The lowest BCUT2D eigenvalue weighted by molar-refractivity contribution is -0.133. The van der Waals surface area contributed by atoms with Crippen molar-refractivity contribution in [3.8, 4) is 5.75 Å². The van der Waals surface area contributed by atoms with Gasteiger partial charge in [-0.2, -0.15) is 5.10 Å². The average Bonchev–Trinajstić information content (AvgIpc) is 2.87. The molecule has 1 amide bonds. The molecule has 2 atom stereocenters. The van der Waals surface area contributed by atoms with E-state index in [1.807, 2.05) is 37.3 Å². The van der Waals surface area contributed by atoms with Crippen LogP contribution in [0.5, 0.6) is 5.75 Å². The highest BCUT2D eigenvalue weighted by Crippen LogP contribution is 2.42. The Kier molecular flexibility index (Phi) is 5.83. The van der Waals surface area contributed by atoms with Gasteiger partial charge < -0.3 is 4.74 Å². The van der Waals surface area contributed by atoms with Crippen molar-refractivity contribution >= 4 is 11.6 Å². The number of hydrogen-bond acceptors (Lipinski definition) is 3. The van der Waals surface area contributed by atoms with Crippen molar-refractivity contribution in [1.29, 1.82) is 0 Å². The van der Waals surface area contributed by atoms with Crippen LogP contribution in [0, 0.1) is 5.92 Å². The van der Waals surface area contributed by atoms with Crippen LogP contribution < -0.4 is 4.74 Å². The van der Waals surface area contributed by atoms with Crippen molar-refractivity contribution < 1.29 is 9.53 Å². The maximum atomic E-state index is 12.4. The van der Waals surface area contributed by atoms with Crippen molar-refractivity contribution in [3.05, 3.63) is 53.6 Å². The fourth-order valence-corrected chi connectivity index (χ4v) is 3.50. The summed E-state index contributed by atoms with van der Waals surface area (Å²) < 4.78 is 5.51. The standard InChI is InChI=1S/C21H28N2O2/c1-7-11-17(12-8-2)21(5)15(3)20(22-23(21)16(4)24)18-13-9-10-14-19(18)25-6/h7,9-15H,8H2,1-6H3/b11-7-,17-12+. The van der Waals surface area contributed by atoms with Gasteiger partial charge in [0.05, 0.1) is 18.4 Å². The molecule has 4 heteroatoms. The first-order valence-electron chi connectivity index (χ1n) is 8.77. The van der Waals surface area contributed by atoms with E-state index in [1.165, 1.54) is 0 Å². The summed E-state index contributed by atoms with van der Waals surface area (Å²) in [6.07, 6.45) is 7.17. The molecule has 0 aromatic heterocycles. The lowest BCUT2D eigenvalue weighted by Gasteiger charge is -2.37. The number of ether oxygens (including phenoxy) is 1. The van der Waals surface area contributed by atoms with E-state index in [2.05, 4.69) is 32.9 Å². The molecule has 0 radical (unpaired) electrons. The Morgan fingerprint density at radius 2 is 2.08 bits per heavy atom. The van der Waals surface area contributed by atoms with Gasteiger partial charge in [0.25, 0.3) is 0 Å². The maximum Gasteiger partial charge on any atom is 0.240 e. The molecule has 0 fully saturated rings. The number of para-hydroxylation sites is 1. The maximum absolute atomic E-state index is 12.4. The Labute approximate surface area is 150 Å². The van der Waals surface area contributed by atoms with Crippen LogP contribution in [0.15, 0.2) is 53.2 Å². The number of methoxy groups -OCH3 is 1. The number of hydrazone groups is 1. The molecule has 1 aliphatic heterocycles. The number of nitrogens with zero attached hydrogens (tertiary/aromatic N) is 2. The predicted molar refractivity (Wildman–Crippen MR) is 103 cm³/mol. The lowest BCUT2D eigenvalue weighted by atomic mass is 9.76. The van der Waals surface area contributed by atoms with Crippen molar-refractivity contribution in [2.24, 2.45) is 11.0 Å². The minimum Gasteiger partial charge on any atom is -0.496 e. The summed E-state index contributed by atoms with van der Waals surface area (Å²) in [6.45, 7) is 9.88. The Morgan fingerprint density at radius 1 is 1.40 bits per heavy atom. The van der Waals surface area contributed by atoms with Gasteiger partial charge in [-0.05, 0) is 38.0 Å². The van der Waals surface area contributed by atoms with E-state index in [4.69, 9.17) is 9.84 Å². The fourth-order valence-electron chi connectivity index (χ4n) is 3.50. The van der Waals surface area contributed by atoms with Crippen LogP contribution in [0.2, 0.25) is 0 Å². The van der Waals surface area contributed by atoms with E-state index in [-0.39, 0.29) is 11.8 Å². The summed E-state index contributed by atoms with van der Waals surface area (Å²) in [5.41, 5.74) is 2.39. The van der Waals surface area contributed by atoms with Gasteiger partial charge in [-0.15, -0.1) is 0 Å². The Morgan fingerprint density at radius 3 is 2.64 bits per heavy atom. The van der Waals surface area contributed by atoms with E-state index in [9.17, 15) is 4.79 Å². The normalized spacial score (nSPS) is 23.9. The molecule has 0 saturated carbocycles. The number of carbonyl (C=O) groups is 1. The molecule has 0 spiro atoms. The molecule has 0 N–H and O–H groups in total. The summed E-state index contributed by atoms with van der Waals surface area (Å²) in [6, 6.07) is 7.83. The molecule has 1 aromatic carbocycles. The van der Waals surface area contributed by atoms with E-state index < -0.39 is 5.54 Å². The number of benzene rings is 1. The summed E-state index contributed by atoms with van der Waals surface area (Å²) in [5.74, 6) is 0.736. The first-order chi connectivity index (χ1) is 11.9. The van der Waals surface area contributed by atoms with Gasteiger partial charge in [0.1, 0.15) is 5.75 Å². The summed E-state index contributed by atoms with van der Waals surface area (Å²) in [7, 11) is 1.66. The molecule has 1 aromatic rings. The van der Waals surface area contributed by atoms with Crippen LogP contribution in [0.4, 0.5) is 0 Å². The first-order valence-corrected chi connectivity index (χ1v) is 8.77. The molecule has 1 aliphatic rings. The second-order valence-corrected chi connectivity index (χ2v) is 6.45. The Balaban J connectivity index is 2.62. The molecule has 0 saturated heterocycles. The third kappa shape index (κ3) is 3.26. The number of allylic oxidation sites excluding steroid dienone is 2. The van der Waals surface area contributed by atoms with E-state index >= 15 is 0 Å². The topological polar surface area (TPSA) is 41.9 Å².